The van der Waals surface area contributed by atoms with Crippen LogP contribution in [-0.2, 0) is 4.79 Å². The van der Waals surface area contributed by atoms with Crippen molar-refractivity contribution in [1.82, 2.24) is 4.90 Å². The minimum absolute atomic E-state index is 0.356. The van der Waals surface area contributed by atoms with Crippen molar-refractivity contribution in [2.75, 3.05) is 18.5 Å². The van der Waals surface area contributed by atoms with Crippen LogP contribution in [0, 0.1) is 11.3 Å². The van der Waals surface area contributed by atoms with E-state index in [9.17, 15) is 9.59 Å². The van der Waals surface area contributed by atoms with Gasteiger partial charge in [-0.05, 0) is 31.0 Å². The number of urea groups is 1. The average Bonchev–Trinajstić information content (AvgIpc) is 2.95. The number of nitriles is 1. The molecular formula is C14H15N3O3. The van der Waals surface area contributed by atoms with Gasteiger partial charge in [0.15, 0.2) is 0 Å². The molecule has 1 heterocycles. The van der Waals surface area contributed by atoms with E-state index in [-0.39, 0.29) is 6.03 Å². The number of carbonyl (C=O) groups is 2. The summed E-state index contributed by atoms with van der Waals surface area (Å²) in [6.07, 6.45) is 1.17. The molecular weight excluding hydrogens is 258 g/mol. The number of carboxylic acids is 1. The van der Waals surface area contributed by atoms with Crippen molar-refractivity contribution >= 4 is 17.7 Å². The van der Waals surface area contributed by atoms with Gasteiger partial charge in [0.1, 0.15) is 6.04 Å². The zero-order valence-corrected chi connectivity index (χ0v) is 11.1. The fourth-order valence-electron chi connectivity index (χ4n) is 2.34. The molecule has 2 rings (SSSR count). The standard InChI is InChI=1S/C14H15N3O3/c1-16(11-5-2-4-10(8-11)9-15)14(20)17-7-3-6-12(17)13(18)19/h2,4-5,8,12H,3,6-7H2,1H3,(H,18,19)/t12-/m0/s1. The summed E-state index contributed by atoms with van der Waals surface area (Å²) in [5.74, 6) is -0.977. The normalized spacial score (nSPS) is 17.6. The van der Waals surface area contributed by atoms with Crippen molar-refractivity contribution in [1.29, 1.82) is 5.26 Å². The summed E-state index contributed by atoms with van der Waals surface area (Å²) in [7, 11) is 1.58. The third-order valence-corrected chi connectivity index (χ3v) is 3.43. The maximum atomic E-state index is 12.4. The number of anilines is 1. The molecule has 1 aromatic carbocycles. The fourth-order valence-corrected chi connectivity index (χ4v) is 2.34. The highest BCUT2D eigenvalue weighted by Gasteiger charge is 2.35. The smallest absolute Gasteiger partial charge is 0.326 e. The molecule has 1 atom stereocenters. The van der Waals surface area contributed by atoms with Crippen LogP contribution in [0.1, 0.15) is 18.4 Å². The van der Waals surface area contributed by atoms with Crippen LogP contribution >= 0.6 is 0 Å². The highest BCUT2D eigenvalue weighted by atomic mass is 16.4. The van der Waals surface area contributed by atoms with Crippen molar-refractivity contribution in [3.63, 3.8) is 0 Å². The highest BCUT2D eigenvalue weighted by Crippen LogP contribution is 2.22. The van der Waals surface area contributed by atoms with Gasteiger partial charge in [-0.15, -0.1) is 0 Å². The van der Waals surface area contributed by atoms with Crippen molar-refractivity contribution < 1.29 is 14.7 Å². The van der Waals surface area contributed by atoms with Gasteiger partial charge in [-0.1, -0.05) is 6.07 Å². The molecule has 2 amide bonds. The van der Waals surface area contributed by atoms with Gasteiger partial charge in [0, 0.05) is 19.3 Å². The summed E-state index contributed by atoms with van der Waals surface area (Å²) in [6.45, 7) is 0.443. The molecule has 6 nitrogen and oxygen atoms in total. The minimum atomic E-state index is -0.977. The van der Waals surface area contributed by atoms with Gasteiger partial charge < -0.3 is 10.0 Å². The number of hydrogen-bond acceptors (Lipinski definition) is 3. The van der Waals surface area contributed by atoms with Crippen molar-refractivity contribution in [2.45, 2.75) is 18.9 Å². The molecule has 0 saturated carbocycles. The molecule has 0 radical (unpaired) electrons. The lowest BCUT2D eigenvalue weighted by Crippen LogP contribution is -2.46. The first kappa shape index (κ1) is 13.9. The first-order valence-corrected chi connectivity index (χ1v) is 6.32. The van der Waals surface area contributed by atoms with Crippen LogP contribution in [0.4, 0.5) is 10.5 Å². The van der Waals surface area contributed by atoms with E-state index < -0.39 is 12.0 Å². The van der Waals surface area contributed by atoms with Crippen LogP contribution in [0.5, 0.6) is 0 Å². The van der Waals surface area contributed by atoms with Crippen LogP contribution in [0.15, 0.2) is 24.3 Å². The van der Waals surface area contributed by atoms with Crippen LogP contribution in [0.25, 0.3) is 0 Å². The molecule has 1 N–H and O–H groups in total. The van der Waals surface area contributed by atoms with Crippen molar-refractivity contribution in [3.05, 3.63) is 29.8 Å². The molecule has 6 heteroatoms. The molecule has 0 aromatic heterocycles. The number of likely N-dealkylation sites (tertiary alicyclic amines) is 1. The summed E-state index contributed by atoms with van der Waals surface area (Å²) in [4.78, 5) is 26.2. The Hall–Kier alpha value is -2.55. The van der Waals surface area contributed by atoms with Gasteiger partial charge >= 0.3 is 12.0 Å². The zero-order valence-electron chi connectivity index (χ0n) is 11.1. The molecule has 20 heavy (non-hydrogen) atoms. The van der Waals surface area contributed by atoms with E-state index in [1.807, 2.05) is 6.07 Å². The number of nitrogens with zero attached hydrogens (tertiary/aromatic N) is 3. The molecule has 1 saturated heterocycles. The molecule has 1 fully saturated rings. The van der Waals surface area contributed by atoms with Gasteiger partial charge in [-0.25, -0.2) is 9.59 Å². The average molecular weight is 273 g/mol. The van der Waals surface area contributed by atoms with Crippen LogP contribution < -0.4 is 4.90 Å². The lowest BCUT2D eigenvalue weighted by molar-refractivity contribution is -0.141. The molecule has 1 aliphatic rings. The van der Waals surface area contributed by atoms with Gasteiger partial charge in [-0.3, -0.25) is 4.90 Å². The molecule has 0 aliphatic carbocycles. The van der Waals surface area contributed by atoms with Crippen LogP contribution in [0.3, 0.4) is 0 Å². The predicted molar refractivity (Wildman–Crippen MR) is 72.3 cm³/mol. The van der Waals surface area contributed by atoms with Gasteiger partial charge in [0.2, 0.25) is 0 Å². The number of aliphatic carboxylic acids is 1. The summed E-state index contributed by atoms with van der Waals surface area (Å²) in [5.41, 5.74) is 1.03. The Morgan fingerprint density at radius 2 is 2.25 bits per heavy atom. The maximum Gasteiger partial charge on any atom is 0.326 e. The summed E-state index contributed by atoms with van der Waals surface area (Å²) in [6, 6.07) is 7.55. The van der Waals surface area contributed by atoms with Gasteiger partial charge in [-0.2, -0.15) is 5.26 Å². The molecule has 0 bridgehead atoms. The Morgan fingerprint density at radius 1 is 1.50 bits per heavy atom. The second-order valence-corrected chi connectivity index (χ2v) is 4.69. The quantitative estimate of drug-likeness (QED) is 0.888. The third-order valence-electron chi connectivity index (χ3n) is 3.43. The van der Waals surface area contributed by atoms with Crippen LogP contribution in [0.2, 0.25) is 0 Å². The van der Waals surface area contributed by atoms with E-state index in [4.69, 9.17) is 10.4 Å². The number of benzene rings is 1. The van der Waals surface area contributed by atoms with Crippen molar-refractivity contribution in [2.24, 2.45) is 0 Å². The largest absolute Gasteiger partial charge is 0.480 e. The van der Waals surface area contributed by atoms with Crippen LogP contribution in [-0.4, -0.2) is 41.6 Å². The highest BCUT2D eigenvalue weighted by molar-refractivity contribution is 5.94. The van der Waals surface area contributed by atoms with Gasteiger partial charge in [0.05, 0.1) is 11.6 Å². The zero-order chi connectivity index (χ0) is 14.7. The Morgan fingerprint density at radius 3 is 2.90 bits per heavy atom. The first-order chi connectivity index (χ1) is 9.54. The third kappa shape index (κ3) is 2.57. The molecule has 1 aliphatic heterocycles. The molecule has 0 spiro atoms. The van der Waals surface area contributed by atoms with E-state index >= 15 is 0 Å². The Balaban J connectivity index is 2.20. The Bertz CT molecular complexity index is 579. The lowest BCUT2D eigenvalue weighted by Gasteiger charge is -2.27. The number of rotatable bonds is 2. The van der Waals surface area contributed by atoms with E-state index in [1.54, 1.807) is 31.3 Å². The number of hydrogen-bond donors (Lipinski definition) is 1. The van der Waals surface area contributed by atoms with E-state index in [0.29, 0.717) is 30.6 Å². The molecule has 1 aromatic rings. The number of carboxylic acid groups (broad SMARTS) is 1. The Labute approximate surface area is 116 Å². The number of carbonyl (C=O) groups excluding carboxylic acids is 1. The molecule has 0 unspecified atom stereocenters. The second-order valence-electron chi connectivity index (χ2n) is 4.69. The summed E-state index contributed by atoms with van der Waals surface area (Å²) in [5, 5.41) is 18.0. The first-order valence-electron chi connectivity index (χ1n) is 6.32. The fraction of sp³-hybridized carbons (Fsp3) is 0.357. The minimum Gasteiger partial charge on any atom is -0.480 e. The van der Waals surface area contributed by atoms with E-state index in [1.165, 1.54) is 9.80 Å². The van der Waals surface area contributed by atoms with Gasteiger partial charge in [0.25, 0.3) is 0 Å². The van der Waals surface area contributed by atoms with E-state index in [2.05, 4.69) is 0 Å². The predicted octanol–water partition coefficient (Wildman–Crippen LogP) is 1.66. The number of amides is 2. The molecule has 104 valence electrons. The summed E-state index contributed by atoms with van der Waals surface area (Å²) >= 11 is 0. The second kappa shape index (κ2) is 5.61. The summed E-state index contributed by atoms with van der Waals surface area (Å²) < 4.78 is 0. The topological polar surface area (TPSA) is 84.6 Å². The SMILES string of the molecule is CN(C(=O)N1CCC[C@H]1C(=O)O)c1cccc(C#N)c1. The Kier molecular flexibility index (Phi) is 3.89. The maximum absolute atomic E-state index is 12.4. The van der Waals surface area contributed by atoms with E-state index in [0.717, 1.165) is 0 Å². The lowest BCUT2D eigenvalue weighted by atomic mass is 10.2. The monoisotopic (exact) mass is 273 g/mol. The van der Waals surface area contributed by atoms with Crippen molar-refractivity contribution in [3.8, 4) is 6.07 Å².